The highest BCUT2D eigenvalue weighted by atomic mass is 31.2. The van der Waals surface area contributed by atoms with Gasteiger partial charge in [-0.3, -0.25) is 14.2 Å². The second kappa shape index (κ2) is 15.4. The van der Waals surface area contributed by atoms with Gasteiger partial charge in [-0.05, 0) is 73.6 Å². The van der Waals surface area contributed by atoms with Gasteiger partial charge in [-0.15, -0.1) is 0 Å². The van der Waals surface area contributed by atoms with Crippen molar-refractivity contribution in [3.63, 3.8) is 0 Å². The predicted octanol–water partition coefficient (Wildman–Crippen LogP) is 8.28. The van der Waals surface area contributed by atoms with Crippen LogP contribution < -0.4 is 0 Å². The Bertz CT molecular complexity index is 923. The van der Waals surface area contributed by atoms with Crippen molar-refractivity contribution < 1.29 is 36.8 Å². The van der Waals surface area contributed by atoms with Crippen LogP contribution in [0.5, 0.6) is 0 Å². The van der Waals surface area contributed by atoms with Crippen molar-refractivity contribution in [2.75, 3.05) is 26.0 Å². The molecule has 0 aliphatic heterocycles. The van der Waals surface area contributed by atoms with Crippen molar-refractivity contribution in [2.45, 2.75) is 136 Å². The quantitative estimate of drug-likeness (QED) is 0.0724. The second-order valence-electron chi connectivity index (χ2n) is 13.8. The number of hydrogen-bond acceptors (Lipinski definition) is 8. The van der Waals surface area contributed by atoms with Gasteiger partial charge >= 0.3 is 13.6 Å². The molecule has 0 saturated heterocycles. The van der Waals surface area contributed by atoms with Crippen molar-refractivity contribution in [1.82, 2.24) is 0 Å². The average molecular weight is 635 g/mol. The minimum Gasteiger partial charge on any atom is -0.457 e. The van der Waals surface area contributed by atoms with Crippen molar-refractivity contribution >= 4 is 36.0 Å². The minimum atomic E-state index is -3.65. The van der Waals surface area contributed by atoms with Crippen molar-refractivity contribution in [3.8, 4) is 0 Å². The molecule has 0 heterocycles. The molecule has 0 saturated carbocycles. The molecule has 1 rings (SSSR count). The highest BCUT2D eigenvalue weighted by Gasteiger charge is 2.47. The van der Waals surface area contributed by atoms with Crippen LogP contribution in [0.2, 0.25) is 34.8 Å². The van der Waals surface area contributed by atoms with Gasteiger partial charge in [-0.2, -0.15) is 0 Å². The van der Waals surface area contributed by atoms with Crippen LogP contribution in [-0.4, -0.2) is 66.6 Å². The fourth-order valence-electron chi connectivity index (χ4n) is 5.81. The lowest BCUT2D eigenvalue weighted by Gasteiger charge is -2.43. The molecule has 0 unspecified atom stereocenters. The fourth-order valence-corrected chi connectivity index (χ4v) is 14.0. The van der Waals surface area contributed by atoms with E-state index in [2.05, 4.69) is 75.4 Å². The Morgan fingerprint density at radius 3 is 1.88 bits per heavy atom. The molecule has 0 aromatic carbocycles. The Morgan fingerprint density at radius 2 is 1.46 bits per heavy atom. The van der Waals surface area contributed by atoms with E-state index in [4.69, 9.17) is 22.6 Å². The zero-order valence-electron chi connectivity index (χ0n) is 28.3. The van der Waals surface area contributed by atoms with Gasteiger partial charge in [0.1, 0.15) is 12.3 Å². The van der Waals surface area contributed by atoms with Gasteiger partial charge in [0.05, 0.1) is 31.8 Å². The van der Waals surface area contributed by atoms with Gasteiger partial charge in [0, 0.05) is 0 Å². The minimum absolute atomic E-state index is 0.00405. The summed E-state index contributed by atoms with van der Waals surface area (Å²) in [6.07, 6.45) is 0.626. The molecule has 3 atom stereocenters. The summed E-state index contributed by atoms with van der Waals surface area (Å²) < 4.78 is 42.8. The molecular formula is C30H59O8PSi2. The van der Waals surface area contributed by atoms with E-state index in [1.807, 2.05) is 13.0 Å². The Balaban J connectivity index is 3.37. The summed E-state index contributed by atoms with van der Waals surface area (Å²) in [6, 6.07) is 0. The smallest absolute Gasteiger partial charge is 0.341 e. The van der Waals surface area contributed by atoms with E-state index in [9.17, 15) is 14.2 Å². The molecule has 0 fully saturated rings. The molecule has 0 amide bonds. The lowest BCUT2D eigenvalue weighted by molar-refractivity contribution is -0.149. The summed E-state index contributed by atoms with van der Waals surface area (Å²) >= 11 is 0. The van der Waals surface area contributed by atoms with E-state index < -0.39 is 48.4 Å². The van der Waals surface area contributed by atoms with Crippen LogP contribution >= 0.6 is 7.60 Å². The van der Waals surface area contributed by atoms with Crippen LogP contribution in [0.3, 0.4) is 0 Å². The molecule has 0 bridgehead atoms. The first-order chi connectivity index (χ1) is 18.7. The van der Waals surface area contributed by atoms with Crippen LogP contribution in [0, 0.1) is 5.92 Å². The lowest BCUT2D eigenvalue weighted by atomic mass is 9.83. The maximum atomic E-state index is 13.9. The van der Waals surface area contributed by atoms with Gasteiger partial charge in [0.15, 0.2) is 14.1 Å². The van der Waals surface area contributed by atoms with E-state index in [0.717, 1.165) is 5.57 Å². The molecule has 0 aromatic rings. The molecule has 8 nitrogen and oxygen atoms in total. The Labute approximate surface area is 252 Å². The number of carbonyl (C=O) groups excluding carboxylic acids is 2. The van der Waals surface area contributed by atoms with Gasteiger partial charge in [0.25, 0.3) is 0 Å². The second-order valence-corrected chi connectivity index (χ2v) is 26.0. The van der Waals surface area contributed by atoms with Crippen molar-refractivity contribution in [3.05, 3.63) is 11.6 Å². The molecule has 1 aliphatic rings. The van der Waals surface area contributed by atoms with Crippen LogP contribution in [-0.2, 0) is 36.8 Å². The molecule has 0 spiro atoms. The van der Waals surface area contributed by atoms with E-state index >= 15 is 0 Å². The van der Waals surface area contributed by atoms with Crippen LogP contribution in [0.25, 0.3) is 0 Å². The SMILES string of the molecule is CCOP(=O)(CC(=O)O[C@@H]1C=C(C)[C@H](O[Si](C)(C)C(C)(C)C)C[C@@H]1C(=O)CO[Si](C(C)C)(C(C)C)C(C)C)OCC. The number of hydrogen-bond donors (Lipinski definition) is 0. The summed E-state index contributed by atoms with van der Waals surface area (Å²) in [5.74, 6) is -1.47. The molecule has 1 aliphatic carbocycles. The van der Waals surface area contributed by atoms with Gasteiger partial charge in [-0.1, -0.05) is 62.3 Å². The van der Waals surface area contributed by atoms with Gasteiger partial charge in [-0.25, -0.2) is 0 Å². The Kier molecular flexibility index (Phi) is 14.4. The van der Waals surface area contributed by atoms with E-state index in [-0.39, 0.29) is 36.7 Å². The van der Waals surface area contributed by atoms with Crippen molar-refractivity contribution in [2.24, 2.45) is 5.92 Å². The monoisotopic (exact) mass is 634 g/mol. The largest absolute Gasteiger partial charge is 0.457 e. The predicted molar refractivity (Wildman–Crippen MR) is 172 cm³/mol. The van der Waals surface area contributed by atoms with Crippen LogP contribution in [0.4, 0.5) is 0 Å². The third-order valence-corrected chi connectivity index (χ3v) is 21.4. The molecular weight excluding hydrogens is 575 g/mol. The standard InChI is InChI=1S/C30H59O8PSi2/c1-15-34-39(33,35-16-2)20-29(32)37-28-17-24(9)27(38-40(13,14)30(10,11)12)18-25(28)26(31)19-36-41(21(3)4,22(5)6)23(7)8/h17,21-23,25,27-28H,15-16,18-20H2,1-14H3/t25-,27-,28-/m1/s1. The molecule has 0 aromatic heterocycles. The molecule has 240 valence electrons. The number of carbonyl (C=O) groups is 2. The van der Waals surface area contributed by atoms with E-state index in [1.165, 1.54) is 0 Å². The summed E-state index contributed by atoms with van der Waals surface area (Å²) in [4.78, 5) is 27.0. The van der Waals surface area contributed by atoms with E-state index in [1.54, 1.807) is 13.8 Å². The average Bonchev–Trinajstić information content (AvgIpc) is 2.79. The summed E-state index contributed by atoms with van der Waals surface area (Å²) in [6.45, 7) is 29.7. The zero-order valence-corrected chi connectivity index (χ0v) is 31.2. The third-order valence-electron chi connectivity index (χ3n) is 8.87. The first-order valence-electron chi connectivity index (χ1n) is 15.3. The molecule has 41 heavy (non-hydrogen) atoms. The van der Waals surface area contributed by atoms with Gasteiger partial charge in [0.2, 0.25) is 8.32 Å². The number of ether oxygens (including phenoxy) is 1. The molecule has 0 N–H and O–H groups in total. The Morgan fingerprint density at radius 1 is 0.976 bits per heavy atom. The van der Waals surface area contributed by atoms with Crippen LogP contribution in [0.15, 0.2) is 11.6 Å². The van der Waals surface area contributed by atoms with Gasteiger partial charge < -0.3 is 22.6 Å². The van der Waals surface area contributed by atoms with Crippen molar-refractivity contribution in [1.29, 1.82) is 0 Å². The van der Waals surface area contributed by atoms with Crippen LogP contribution in [0.1, 0.15) is 89.5 Å². The molecule has 11 heteroatoms. The summed E-state index contributed by atoms with van der Waals surface area (Å²) in [5.41, 5.74) is 1.92. The molecule has 0 radical (unpaired) electrons. The number of ketones is 1. The first-order valence-corrected chi connectivity index (χ1v) is 22.0. The zero-order chi connectivity index (χ0) is 32.0. The van der Waals surface area contributed by atoms with E-state index in [0.29, 0.717) is 23.0 Å². The highest BCUT2D eigenvalue weighted by molar-refractivity contribution is 7.54. The topological polar surface area (TPSA) is 97.4 Å². The summed E-state index contributed by atoms with van der Waals surface area (Å²) in [5, 5.41) is -0.00405. The third kappa shape index (κ3) is 9.95. The maximum Gasteiger partial charge on any atom is 0.341 e. The maximum absolute atomic E-state index is 13.9. The first kappa shape index (κ1) is 38.4. The Hall–Kier alpha value is -0.616. The fraction of sp³-hybridized carbons (Fsp3) is 0.867. The summed E-state index contributed by atoms with van der Waals surface area (Å²) in [7, 11) is -8.09. The normalized spacial score (nSPS) is 21.0. The number of rotatable bonds is 16. The number of Topliss-reactive ketones (excluding diaryl/α,β-unsaturated/α-hetero) is 1. The highest BCUT2D eigenvalue weighted by Crippen LogP contribution is 2.48. The lowest BCUT2D eigenvalue weighted by Crippen LogP contribution is -2.51. The number of esters is 1.